The highest BCUT2D eigenvalue weighted by molar-refractivity contribution is 5.97. The number of carbonyl (C=O) groups excluding carboxylic acids is 1. The van der Waals surface area contributed by atoms with Gasteiger partial charge >= 0.3 is 0 Å². The fourth-order valence-corrected chi connectivity index (χ4v) is 3.72. The van der Waals surface area contributed by atoms with Gasteiger partial charge in [0.15, 0.2) is 11.5 Å². The average molecular weight is 384 g/mol. The molecular formula is C19H24N6O3. The second-order valence-corrected chi connectivity index (χ2v) is 7.12. The lowest BCUT2D eigenvalue weighted by atomic mass is 9.94. The Kier molecular flexibility index (Phi) is 4.68. The number of carbonyl (C=O) groups is 1. The van der Waals surface area contributed by atoms with E-state index in [1.807, 2.05) is 11.8 Å². The van der Waals surface area contributed by atoms with Crippen molar-refractivity contribution in [2.75, 3.05) is 45.7 Å². The Bertz CT molecular complexity index is 930. The quantitative estimate of drug-likeness (QED) is 0.817. The van der Waals surface area contributed by atoms with Crippen molar-refractivity contribution >= 4 is 11.9 Å². The molecule has 0 spiro atoms. The number of fused-ring (bicyclic) bond motifs is 1. The summed E-state index contributed by atoms with van der Waals surface area (Å²) in [6, 6.07) is 4.63. The molecule has 1 saturated heterocycles. The van der Waals surface area contributed by atoms with Crippen LogP contribution in [0.5, 0.6) is 11.5 Å². The zero-order chi connectivity index (χ0) is 19.8. The minimum absolute atomic E-state index is 0.0173. The lowest BCUT2D eigenvalue weighted by molar-refractivity contribution is -0.129. The van der Waals surface area contributed by atoms with Crippen LogP contribution in [0.3, 0.4) is 0 Å². The number of aromatic hydroxyl groups is 1. The van der Waals surface area contributed by atoms with Crippen molar-refractivity contribution in [3.05, 3.63) is 41.4 Å². The van der Waals surface area contributed by atoms with Gasteiger partial charge in [-0.3, -0.25) is 4.79 Å². The van der Waals surface area contributed by atoms with Gasteiger partial charge < -0.3 is 25.0 Å². The molecule has 2 N–H and O–H groups in total. The van der Waals surface area contributed by atoms with E-state index in [1.54, 1.807) is 22.9 Å². The number of methoxy groups -OCH3 is 1. The van der Waals surface area contributed by atoms with Crippen LogP contribution in [0.15, 0.2) is 35.8 Å². The van der Waals surface area contributed by atoms with Crippen molar-refractivity contribution in [1.82, 2.24) is 24.6 Å². The van der Waals surface area contributed by atoms with Crippen LogP contribution in [0.4, 0.5) is 5.95 Å². The van der Waals surface area contributed by atoms with Crippen LogP contribution in [0.2, 0.25) is 0 Å². The van der Waals surface area contributed by atoms with Gasteiger partial charge in [0.2, 0.25) is 5.95 Å². The number of amides is 1. The van der Waals surface area contributed by atoms with Crippen LogP contribution in [-0.2, 0) is 4.79 Å². The number of aromatic nitrogens is 3. The molecule has 1 fully saturated rings. The average Bonchev–Trinajstić information content (AvgIpc) is 3.15. The number of hydrogen-bond acceptors (Lipinski definition) is 7. The first-order valence-electron chi connectivity index (χ1n) is 9.21. The Morgan fingerprint density at radius 1 is 1.29 bits per heavy atom. The summed E-state index contributed by atoms with van der Waals surface area (Å²) in [4.78, 5) is 21.8. The Morgan fingerprint density at radius 3 is 2.75 bits per heavy atom. The number of nitrogens with zero attached hydrogens (tertiary/aromatic N) is 5. The van der Waals surface area contributed by atoms with E-state index in [1.165, 1.54) is 13.4 Å². The summed E-state index contributed by atoms with van der Waals surface area (Å²) in [7, 11) is 3.56. The molecule has 2 aromatic rings. The molecule has 148 valence electrons. The minimum atomic E-state index is -0.458. The molecule has 1 atom stereocenters. The molecule has 0 unspecified atom stereocenters. The third-order valence-corrected chi connectivity index (χ3v) is 5.33. The highest BCUT2D eigenvalue weighted by atomic mass is 16.5. The van der Waals surface area contributed by atoms with Crippen molar-refractivity contribution in [3.63, 3.8) is 0 Å². The lowest BCUT2D eigenvalue weighted by Gasteiger charge is -2.36. The molecule has 4 rings (SSSR count). The second kappa shape index (κ2) is 7.16. The van der Waals surface area contributed by atoms with Gasteiger partial charge in [0.25, 0.3) is 5.91 Å². The van der Waals surface area contributed by atoms with Crippen LogP contribution >= 0.6 is 0 Å². The standard InChI is InChI=1S/C19H24N6O3/c1-12-16(18(27)24-8-6-23(2)7-9-24)17(25-19(22-12)20-11-21-25)13-4-5-14(26)15(10-13)28-3/h4-5,10-11,17,26H,6-9H2,1-3H3,(H,20,21,22)/t17-/m1/s1. The van der Waals surface area contributed by atoms with Gasteiger partial charge in [0, 0.05) is 31.9 Å². The number of hydrogen-bond donors (Lipinski definition) is 2. The van der Waals surface area contributed by atoms with Crippen LogP contribution < -0.4 is 10.1 Å². The van der Waals surface area contributed by atoms with E-state index in [-0.39, 0.29) is 11.7 Å². The molecule has 0 aliphatic carbocycles. The van der Waals surface area contributed by atoms with Gasteiger partial charge in [0.1, 0.15) is 12.4 Å². The predicted molar refractivity (Wildman–Crippen MR) is 103 cm³/mol. The molecule has 0 radical (unpaired) electrons. The summed E-state index contributed by atoms with van der Waals surface area (Å²) < 4.78 is 6.97. The Hall–Kier alpha value is -3.07. The lowest BCUT2D eigenvalue weighted by Crippen LogP contribution is -2.49. The van der Waals surface area contributed by atoms with Gasteiger partial charge in [-0.1, -0.05) is 6.07 Å². The maximum absolute atomic E-state index is 13.5. The van der Waals surface area contributed by atoms with E-state index in [4.69, 9.17) is 4.74 Å². The Balaban J connectivity index is 1.78. The fourth-order valence-electron chi connectivity index (χ4n) is 3.72. The molecule has 2 aliphatic rings. The summed E-state index contributed by atoms with van der Waals surface area (Å²) in [5.74, 6) is 0.953. The molecule has 0 saturated carbocycles. The monoisotopic (exact) mass is 384 g/mol. The number of rotatable bonds is 3. The van der Waals surface area contributed by atoms with E-state index in [0.717, 1.165) is 24.4 Å². The largest absolute Gasteiger partial charge is 0.504 e. The molecule has 9 heteroatoms. The normalized spacial score (nSPS) is 20.0. The first-order chi connectivity index (χ1) is 13.5. The highest BCUT2D eigenvalue weighted by Crippen LogP contribution is 2.38. The van der Waals surface area contributed by atoms with Crippen molar-refractivity contribution in [3.8, 4) is 11.5 Å². The summed E-state index contributed by atoms with van der Waals surface area (Å²) >= 11 is 0. The van der Waals surface area contributed by atoms with Gasteiger partial charge in [-0.15, -0.1) is 0 Å². The number of phenolic OH excluding ortho intramolecular Hbond substituents is 1. The van der Waals surface area contributed by atoms with E-state index < -0.39 is 6.04 Å². The first-order valence-corrected chi connectivity index (χ1v) is 9.21. The Morgan fingerprint density at radius 2 is 2.04 bits per heavy atom. The van der Waals surface area contributed by atoms with E-state index in [0.29, 0.717) is 30.4 Å². The van der Waals surface area contributed by atoms with Gasteiger partial charge in [-0.2, -0.15) is 10.1 Å². The summed E-state index contributed by atoms with van der Waals surface area (Å²) in [5.41, 5.74) is 2.16. The second-order valence-electron chi connectivity index (χ2n) is 7.12. The molecule has 1 amide bonds. The van der Waals surface area contributed by atoms with Gasteiger partial charge in [-0.25, -0.2) is 4.68 Å². The number of anilines is 1. The maximum atomic E-state index is 13.5. The number of benzene rings is 1. The van der Waals surface area contributed by atoms with E-state index in [2.05, 4.69) is 27.3 Å². The van der Waals surface area contributed by atoms with Crippen LogP contribution in [-0.4, -0.2) is 75.9 Å². The summed E-state index contributed by atoms with van der Waals surface area (Å²) in [6.45, 7) is 4.94. The summed E-state index contributed by atoms with van der Waals surface area (Å²) in [6.07, 6.45) is 1.46. The number of ether oxygens (including phenoxy) is 1. The predicted octanol–water partition coefficient (Wildman–Crippen LogP) is 1.06. The van der Waals surface area contributed by atoms with E-state index in [9.17, 15) is 9.90 Å². The molecule has 3 heterocycles. The van der Waals surface area contributed by atoms with Crippen LogP contribution in [0.1, 0.15) is 18.5 Å². The minimum Gasteiger partial charge on any atom is -0.504 e. The maximum Gasteiger partial charge on any atom is 0.254 e. The Labute approximate surface area is 163 Å². The molecule has 0 bridgehead atoms. The topological polar surface area (TPSA) is 95.8 Å². The molecular weight excluding hydrogens is 360 g/mol. The third kappa shape index (κ3) is 3.07. The van der Waals surface area contributed by atoms with E-state index >= 15 is 0 Å². The molecule has 2 aliphatic heterocycles. The van der Waals surface area contributed by atoms with Gasteiger partial charge in [0.05, 0.1) is 12.7 Å². The number of piperazine rings is 1. The van der Waals surface area contributed by atoms with Gasteiger partial charge in [-0.05, 0) is 31.7 Å². The SMILES string of the molecule is COc1cc([C@@H]2C(C(=O)N3CCN(C)CC3)=C(C)Nc3ncnn32)ccc1O. The highest BCUT2D eigenvalue weighted by Gasteiger charge is 2.36. The fraction of sp³-hybridized carbons (Fsp3) is 0.421. The molecule has 1 aromatic heterocycles. The zero-order valence-electron chi connectivity index (χ0n) is 16.2. The number of likely N-dealkylation sites (N-methyl/N-ethyl adjacent to an activating group) is 1. The summed E-state index contributed by atoms with van der Waals surface area (Å²) in [5, 5.41) is 17.5. The smallest absolute Gasteiger partial charge is 0.254 e. The van der Waals surface area contributed by atoms with Crippen molar-refractivity contribution < 1.29 is 14.6 Å². The third-order valence-electron chi connectivity index (χ3n) is 5.33. The molecule has 28 heavy (non-hydrogen) atoms. The van der Waals surface area contributed by atoms with Crippen molar-refractivity contribution in [2.24, 2.45) is 0 Å². The van der Waals surface area contributed by atoms with Crippen molar-refractivity contribution in [1.29, 1.82) is 0 Å². The molecule has 9 nitrogen and oxygen atoms in total. The van der Waals surface area contributed by atoms with Crippen LogP contribution in [0, 0.1) is 0 Å². The van der Waals surface area contributed by atoms with Crippen molar-refractivity contribution in [2.45, 2.75) is 13.0 Å². The molecule has 1 aromatic carbocycles. The zero-order valence-corrected chi connectivity index (χ0v) is 16.2. The number of allylic oxidation sites excluding steroid dienone is 1. The van der Waals surface area contributed by atoms with Crippen LogP contribution in [0.25, 0.3) is 0 Å². The number of nitrogens with one attached hydrogen (secondary N) is 1. The first kappa shape index (κ1) is 18.3. The number of phenols is 1.